The van der Waals surface area contributed by atoms with Gasteiger partial charge in [-0.3, -0.25) is 0 Å². The molecule has 1 unspecified atom stereocenters. The largest absolute Gasteiger partial charge is 0.457 e. The molecule has 1 aromatic heterocycles. The minimum atomic E-state index is 0. The summed E-state index contributed by atoms with van der Waals surface area (Å²) in [5.74, 6) is 1.69. The van der Waals surface area contributed by atoms with E-state index in [1.54, 1.807) is 11.3 Å². The normalized spacial score (nSPS) is 16.1. The Morgan fingerprint density at radius 1 is 0.926 bits per heavy atom. The standard InChI is InChI=1S/C22H23NO2S.ClH/c1-2-20(23-12-1)15-24-14-17-3-7-21(8-4-17)25-22-9-5-18(6-10-22)19-11-13-26-16-19;/h3-11,13,16,20,23H,1-2,12,14-15H2;1H. The van der Waals surface area contributed by atoms with Gasteiger partial charge in [-0.15, -0.1) is 12.4 Å². The minimum Gasteiger partial charge on any atom is -0.457 e. The Hall–Kier alpha value is -1.85. The molecule has 3 aromatic rings. The molecule has 142 valence electrons. The van der Waals surface area contributed by atoms with Gasteiger partial charge in [0.2, 0.25) is 0 Å². The molecule has 1 aliphatic heterocycles. The topological polar surface area (TPSA) is 30.5 Å². The van der Waals surface area contributed by atoms with Crippen molar-refractivity contribution < 1.29 is 9.47 Å². The average Bonchev–Trinajstić information content (AvgIpc) is 3.38. The van der Waals surface area contributed by atoms with Crippen molar-refractivity contribution in [1.29, 1.82) is 0 Å². The Morgan fingerprint density at radius 2 is 1.67 bits per heavy atom. The fourth-order valence-corrected chi connectivity index (χ4v) is 3.82. The maximum atomic E-state index is 5.94. The van der Waals surface area contributed by atoms with Crippen LogP contribution in [0.15, 0.2) is 65.4 Å². The Morgan fingerprint density at radius 3 is 2.30 bits per heavy atom. The number of hydrogen-bond donors (Lipinski definition) is 1. The zero-order valence-electron chi connectivity index (χ0n) is 15.1. The van der Waals surface area contributed by atoms with Crippen LogP contribution in [0.4, 0.5) is 0 Å². The van der Waals surface area contributed by atoms with Crippen molar-refractivity contribution >= 4 is 23.7 Å². The zero-order chi connectivity index (χ0) is 17.6. The average molecular weight is 402 g/mol. The van der Waals surface area contributed by atoms with Gasteiger partial charge >= 0.3 is 0 Å². The lowest BCUT2D eigenvalue weighted by atomic mass is 10.1. The molecule has 4 rings (SSSR count). The molecule has 2 aromatic carbocycles. The predicted octanol–water partition coefficient (Wildman–Crippen LogP) is 5.90. The lowest BCUT2D eigenvalue weighted by Crippen LogP contribution is -2.26. The first-order valence-corrected chi connectivity index (χ1v) is 10.0. The van der Waals surface area contributed by atoms with E-state index in [0.29, 0.717) is 12.6 Å². The third-order valence-electron chi connectivity index (χ3n) is 4.62. The van der Waals surface area contributed by atoms with Crippen LogP contribution in [0.1, 0.15) is 18.4 Å². The van der Waals surface area contributed by atoms with Gasteiger partial charge in [0.25, 0.3) is 0 Å². The van der Waals surface area contributed by atoms with Gasteiger partial charge in [0.05, 0.1) is 13.2 Å². The predicted molar refractivity (Wildman–Crippen MR) is 114 cm³/mol. The van der Waals surface area contributed by atoms with E-state index in [9.17, 15) is 0 Å². The summed E-state index contributed by atoms with van der Waals surface area (Å²) >= 11 is 1.71. The zero-order valence-corrected chi connectivity index (χ0v) is 16.7. The van der Waals surface area contributed by atoms with Crippen LogP contribution in [0.25, 0.3) is 11.1 Å². The number of rotatable bonds is 7. The quantitative estimate of drug-likeness (QED) is 0.534. The van der Waals surface area contributed by atoms with E-state index in [1.807, 2.05) is 24.3 Å². The molecule has 1 N–H and O–H groups in total. The summed E-state index contributed by atoms with van der Waals surface area (Å²) in [6.45, 7) is 2.55. The van der Waals surface area contributed by atoms with Crippen molar-refractivity contribution in [2.24, 2.45) is 0 Å². The molecule has 0 radical (unpaired) electrons. The van der Waals surface area contributed by atoms with Gasteiger partial charge in [0.1, 0.15) is 11.5 Å². The second-order valence-corrected chi connectivity index (χ2v) is 7.37. The van der Waals surface area contributed by atoms with Crippen molar-refractivity contribution in [3.63, 3.8) is 0 Å². The molecular formula is C22H24ClNO2S. The Bertz CT molecular complexity index is 797. The molecule has 5 heteroatoms. The summed E-state index contributed by atoms with van der Waals surface area (Å²) in [4.78, 5) is 0. The van der Waals surface area contributed by atoms with E-state index < -0.39 is 0 Å². The number of benzene rings is 2. The number of halogens is 1. The number of hydrogen-bond acceptors (Lipinski definition) is 4. The monoisotopic (exact) mass is 401 g/mol. The molecule has 1 saturated heterocycles. The lowest BCUT2D eigenvalue weighted by Gasteiger charge is -2.11. The van der Waals surface area contributed by atoms with Gasteiger partial charge in [-0.2, -0.15) is 11.3 Å². The smallest absolute Gasteiger partial charge is 0.127 e. The SMILES string of the molecule is Cl.c1cc(-c2ccc(Oc3ccc(COCC4CCCN4)cc3)cc2)cs1. The second kappa shape index (κ2) is 9.90. The van der Waals surface area contributed by atoms with Gasteiger partial charge in [-0.1, -0.05) is 24.3 Å². The van der Waals surface area contributed by atoms with Crippen LogP contribution in [0.5, 0.6) is 11.5 Å². The lowest BCUT2D eigenvalue weighted by molar-refractivity contribution is 0.103. The summed E-state index contributed by atoms with van der Waals surface area (Å²) in [6.07, 6.45) is 2.48. The van der Waals surface area contributed by atoms with Crippen molar-refractivity contribution in [3.05, 3.63) is 70.9 Å². The number of ether oxygens (including phenoxy) is 2. The van der Waals surface area contributed by atoms with Gasteiger partial charge < -0.3 is 14.8 Å². The summed E-state index contributed by atoms with van der Waals surface area (Å²) in [5, 5.41) is 7.69. The molecular weight excluding hydrogens is 378 g/mol. The minimum absolute atomic E-state index is 0. The van der Waals surface area contributed by atoms with Crippen molar-refractivity contribution in [1.82, 2.24) is 5.32 Å². The second-order valence-electron chi connectivity index (χ2n) is 6.59. The van der Waals surface area contributed by atoms with Crippen molar-refractivity contribution in [2.75, 3.05) is 13.2 Å². The Labute approximate surface area is 170 Å². The maximum absolute atomic E-state index is 5.94. The van der Waals surface area contributed by atoms with Gasteiger partial charge in [0, 0.05) is 6.04 Å². The molecule has 1 atom stereocenters. The molecule has 0 aliphatic carbocycles. The third-order valence-corrected chi connectivity index (χ3v) is 5.30. The van der Waals surface area contributed by atoms with Crippen LogP contribution in [0.2, 0.25) is 0 Å². The Balaban J connectivity index is 0.00000210. The van der Waals surface area contributed by atoms with E-state index in [4.69, 9.17) is 9.47 Å². The first-order valence-electron chi connectivity index (χ1n) is 9.07. The fraction of sp³-hybridized carbons (Fsp3) is 0.273. The molecule has 3 nitrogen and oxygen atoms in total. The molecule has 0 spiro atoms. The van der Waals surface area contributed by atoms with Crippen LogP contribution < -0.4 is 10.1 Å². The summed E-state index contributed by atoms with van der Waals surface area (Å²) in [5.41, 5.74) is 3.63. The molecule has 27 heavy (non-hydrogen) atoms. The number of thiophene rings is 1. The molecule has 1 fully saturated rings. The van der Waals surface area contributed by atoms with Crippen molar-refractivity contribution in [2.45, 2.75) is 25.5 Å². The first kappa shape index (κ1) is 19.9. The molecule has 1 aliphatic rings. The summed E-state index contributed by atoms with van der Waals surface area (Å²) in [6, 6.07) is 19.0. The Kier molecular flexibility index (Phi) is 7.30. The van der Waals surface area contributed by atoms with E-state index in [1.165, 1.54) is 29.5 Å². The van der Waals surface area contributed by atoms with Gasteiger partial charge in [-0.05, 0) is 77.2 Å². The fourth-order valence-electron chi connectivity index (χ4n) is 3.15. The van der Waals surface area contributed by atoms with E-state index in [0.717, 1.165) is 24.7 Å². The van der Waals surface area contributed by atoms with Crippen LogP contribution in [0.3, 0.4) is 0 Å². The van der Waals surface area contributed by atoms with E-state index in [2.05, 4.69) is 46.4 Å². The van der Waals surface area contributed by atoms with Crippen molar-refractivity contribution in [3.8, 4) is 22.6 Å². The maximum Gasteiger partial charge on any atom is 0.127 e. The summed E-state index contributed by atoms with van der Waals surface area (Å²) in [7, 11) is 0. The number of nitrogens with one attached hydrogen (secondary N) is 1. The van der Waals surface area contributed by atoms with Crippen LogP contribution >= 0.6 is 23.7 Å². The third kappa shape index (κ3) is 5.56. The van der Waals surface area contributed by atoms with Gasteiger partial charge in [0.15, 0.2) is 0 Å². The highest BCUT2D eigenvalue weighted by molar-refractivity contribution is 7.08. The highest BCUT2D eigenvalue weighted by Crippen LogP contribution is 2.27. The van der Waals surface area contributed by atoms with Crippen LogP contribution in [-0.2, 0) is 11.3 Å². The van der Waals surface area contributed by atoms with Crippen LogP contribution in [0, 0.1) is 0 Å². The molecule has 2 heterocycles. The molecule has 0 amide bonds. The first-order chi connectivity index (χ1) is 12.9. The summed E-state index contributed by atoms with van der Waals surface area (Å²) < 4.78 is 11.8. The van der Waals surface area contributed by atoms with Crippen LogP contribution in [-0.4, -0.2) is 19.2 Å². The molecule has 0 saturated carbocycles. The highest BCUT2D eigenvalue weighted by Gasteiger charge is 2.13. The van der Waals surface area contributed by atoms with E-state index in [-0.39, 0.29) is 12.4 Å². The van der Waals surface area contributed by atoms with E-state index >= 15 is 0 Å². The highest BCUT2D eigenvalue weighted by atomic mass is 35.5. The van der Waals surface area contributed by atoms with Gasteiger partial charge in [-0.25, -0.2) is 0 Å². The molecule has 0 bridgehead atoms.